The number of carbonyl (C=O) groups excluding carboxylic acids is 1. The van der Waals surface area contributed by atoms with Crippen LogP contribution >= 0.6 is 23.5 Å². The van der Waals surface area contributed by atoms with Gasteiger partial charge in [-0.2, -0.15) is 4.40 Å². The molecule has 4 nitrogen and oxygen atoms in total. The number of carbonyl (C=O) groups is 1. The van der Waals surface area contributed by atoms with Gasteiger partial charge in [-0.15, -0.1) is 0 Å². The van der Waals surface area contributed by atoms with Crippen molar-refractivity contribution in [2.24, 2.45) is 4.40 Å². The number of benzene rings is 1. The van der Waals surface area contributed by atoms with E-state index in [2.05, 4.69) is 4.40 Å². The molecule has 6 heteroatoms. The summed E-state index contributed by atoms with van der Waals surface area (Å²) in [7, 11) is 0. The van der Waals surface area contributed by atoms with E-state index in [-0.39, 0.29) is 16.2 Å². The van der Waals surface area contributed by atoms with E-state index in [9.17, 15) is 4.79 Å². The number of nitrogens with zero attached hydrogens (tertiary/aromatic N) is 1. The Hall–Kier alpha value is -1.04. The number of ketones is 1. The number of Topliss-reactive ketones (excluding diaryl/α,β-unsaturated/α-hetero) is 1. The molecule has 0 spiro atoms. The Balaban J connectivity index is 0.000000184. The molecule has 0 radical (unpaired) electrons. The highest BCUT2D eigenvalue weighted by Crippen LogP contribution is 2.22. The maximum absolute atomic E-state index is 10.6. The fourth-order valence-electron chi connectivity index (χ4n) is 1.08. The molecule has 1 N–H and O–H groups in total. The highest BCUT2D eigenvalue weighted by atomic mass is 35.5. The third kappa shape index (κ3) is 5.08. The van der Waals surface area contributed by atoms with E-state index >= 15 is 0 Å². The van der Waals surface area contributed by atoms with Crippen molar-refractivity contribution in [1.29, 1.82) is 0 Å². The fraction of sp³-hybridized carbons (Fsp3) is 0.333. The predicted molar refractivity (Wildman–Crippen MR) is 74.1 cm³/mol. The molecule has 1 aliphatic rings. The quantitative estimate of drug-likeness (QED) is 0.671. The summed E-state index contributed by atoms with van der Waals surface area (Å²) in [6.07, 6.45) is -0.734. The normalized spacial score (nSPS) is 19.7. The Morgan fingerprint density at radius 2 is 2.06 bits per heavy atom. The highest BCUT2D eigenvalue weighted by Gasteiger charge is 2.24. The Kier molecular flexibility index (Phi) is 6.18. The first kappa shape index (κ1) is 15.0. The van der Waals surface area contributed by atoms with Crippen molar-refractivity contribution in [1.82, 2.24) is 0 Å². The van der Waals surface area contributed by atoms with Crippen LogP contribution in [0.3, 0.4) is 0 Å². The molecule has 18 heavy (non-hydrogen) atoms. The third-order valence-electron chi connectivity index (χ3n) is 1.91. The molecule has 98 valence electrons. The number of aliphatic hydroxyl groups excluding tert-OH is 1. The summed E-state index contributed by atoms with van der Waals surface area (Å²) in [5, 5.41) is 8.84. The van der Waals surface area contributed by atoms with Gasteiger partial charge in [-0.25, -0.2) is 0 Å². The van der Waals surface area contributed by atoms with Crippen molar-refractivity contribution in [3.8, 4) is 5.75 Å². The molecule has 1 aromatic rings. The van der Waals surface area contributed by atoms with E-state index < -0.39 is 6.29 Å². The maximum atomic E-state index is 10.6. The van der Waals surface area contributed by atoms with Gasteiger partial charge in [-0.1, -0.05) is 29.8 Å². The van der Waals surface area contributed by atoms with E-state index in [1.165, 1.54) is 11.9 Å². The van der Waals surface area contributed by atoms with E-state index in [1.54, 1.807) is 26.0 Å². The molecule has 0 aliphatic carbocycles. The lowest BCUT2D eigenvalue weighted by Crippen LogP contribution is -2.12. The van der Waals surface area contributed by atoms with Gasteiger partial charge in [0, 0.05) is 0 Å². The monoisotopic (exact) mass is 287 g/mol. The molecular weight excluding hydrogens is 274 g/mol. The predicted octanol–water partition coefficient (Wildman–Crippen LogP) is 2.65. The van der Waals surface area contributed by atoms with Crippen LogP contribution in [-0.2, 0) is 4.79 Å². The minimum Gasteiger partial charge on any atom is -0.465 e. The van der Waals surface area contributed by atoms with E-state index in [1.807, 2.05) is 18.2 Å². The van der Waals surface area contributed by atoms with Crippen molar-refractivity contribution in [2.75, 3.05) is 0 Å². The van der Waals surface area contributed by atoms with Gasteiger partial charge < -0.3 is 9.84 Å². The van der Waals surface area contributed by atoms with Gasteiger partial charge in [-0.05, 0) is 37.9 Å². The van der Waals surface area contributed by atoms with Gasteiger partial charge in [-0.3, -0.25) is 4.79 Å². The zero-order valence-corrected chi connectivity index (χ0v) is 11.6. The lowest BCUT2D eigenvalue weighted by molar-refractivity contribution is -0.111. The van der Waals surface area contributed by atoms with Gasteiger partial charge in [0.05, 0.1) is 5.25 Å². The number of ether oxygens (including phenoxy) is 1. The van der Waals surface area contributed by atoms with Gasteiger partial charge in [0.1, 0.15) is 5.75 Å². The Bertz CT molecular complexity index is 423. The largest absolute Gasteiger partial charge is 0.465 e. The number of para-hydroxylation sites is 1. The number of rotatable bonds is 2. The second kappa shape index (κ2) is 7.41. The SMILES string of the molecule is CC(O)Oc1ccccc1.CC1SN=C(Cl)C1=O. The highest BCUT2D eigenvalue weighted by molar-refractivity contribution is 8.00. The van der Waals surface area contributed by atoms with Crippen LogP contribution in [0.5, 0.6) is 5.75 Å². The molecule has 0 bridgehead atoms. The van der Waals surface area contributed by atoms with Gasteiger partial charge in [0.25, 0.3) is 0 Å². The van der Waals surface area contributed by atoms with Crippen LogP contribution in [0.25, 0.3) is 0 Å². The summed E-state index contributed by atoms with van der Waals surface area (Å²) in [5.74, 6) is 0.633. The first-order valence-corrected chi connectivity index (χ1v) is 6.55. The second-order valence-electron chi connectivity index (χ2n) is 3.52. The van der Waals surface area contributed by atoms with Crippen molar-refractivity contribution >= 4 is 34.5 Å². The average molecular weight is 288 g/mol. The number of hydrogen-bond donors (Lipinski definition) is 1. The molecule has 0 aromatic heterocycles. The van der Waals surface area contributed by atoms with E-state index in [0.29, 0.717) is 5.75 Å². The lowest BCUT2D eigenvalue weighted by atomic mass is 10.3. The summed E-state index contributed by atoms with van der Waals surface area (Å²) >= 11 is 6.56. The zero-order valence-electron chi connectivity index (χ0n) is 10.0. The maximum Gasteiger partial charge on any atom is 0.207 e. The van der Waals surface area contributed by atoms with E-state index in [4.69, 9.17) is 21.4 Å². The number of aliphatic hydroxyl groups is 1. The van der Waals surface area contributed by atoms with Crippen LogP contribution in [0, 0.1) is 0 Å². The van der Waals surface area contributed by atoms with Crippen LogP contribution in [-0.4, -0.2) is 27.6 Å². The molecule has 2 atom stereocenters. The Morgan fingerprint density at radius 3 is 2.39 bits per heavy atom. The lowest BCUT2D eigenvalue weighted by Gasteiger charge is -2.06. The molecule has 0 saturated carbocycles. The molecular formula is C12H14ClNO3S. The van der Waals surface area contributed by atoms with Gasteiger partial charge >= 0.3 is 0 Å². The first-order valence-electron chi connectivity index (χ1n) is 5.34. The Morgan fingerprint density at radius 1 is 1.44 bits per heavy atom. The summed E-state index contributed by atoms with van der Waals surface area (Å²) in [6, 6.07) is 9.21. The van der Waals surface area contributed by atoms with Crippen LogP contribution in [0.15, 0.2) is 34.7 Å². The standard InChI is InChI=1S/C8H10O2.C4H4ClNOS/c1-7(9)10-8-5-3-2-4-6-8;1-2-3(7)4(5)6-8-2/h2-7,9H,1H3;2H,1H3. The molecule has 0 fully saturated rings. The summed E-state index contributed by atoms with van der Waals surface area (Å²) in [5.41, 5.74) is 0. The topological polar surface area (TPSA) is 58.9 Å². The smallest absolute Gasteiger partial charge is 0.207 e. The molecule has 0 saturated heterocycles. The summed E-state index contributed by atoms with van der Waals surface area (Å²) in [6.45, 7) is 3.36. The molecule has 1 aliphatic heterocycles. The summed E-state index contributed by atoms with van der Waals surface area (Å²) < 4.78 is 8.62. The van der Waals surface area contributed by atoms with Crippen molar-refractivity contribution in [2.45, 2.75) is 25.4 Å². The second-order valence-corrected chi connectivity index (χ2v) is 4.98. The van der Waals surface area contributed by atoms with Gasteiger partial charge in [0.15, 0.2) is 11.5 Å². The minimum absolute atomic E-state index is 0.0586. The van der Waals surface area contributed by atoms with Crippen LogP contribution in [0.4, 0.5) is 0 Å². The first-order chi connectivity index (χ1) is 8.50. The zero-order chi connectivity index (χ0) is 13.5. The molecule has 0 amide bonds. The fourth-order valence-corrected chi connectivity index (χ4v) is 1.98. The van der Waals surface area contributed by atoms with Crippen LogP contribution < -0.4 is 4.74 Å². The molecule has 1 aromatic carbocycles. The van der Waals surface area contributed by atoms with Crippen molar-refractivity contribution < 1.29 is 14.6 Å². The van der Waals surface area contributed by atoms with Crippen LogP contribution in [0.1, 0.15) is 13.8 Å². The Labute approximate surface area is 115 Å². The molecule has 1 heterocycles. The van der Waals surface area contributed by atoms with Crippen molar-refractivity contribution in [3.05, 3.63) is 30.3 Å². The third-order valence-corrected chi connectivity index (χ3v) is 3.10. The van der Waals surface area contributed by atoms with Crippen molar-refractivity contribution in [3.63, 3.8) is 0 Å². The molecule has 2 rings (SSSR count). The minimum atomic E-state index is -0.734. The number of halogens is 1. The summed E-state index contributed by atoms with van der Waals surface area (Å²) in [4.78, 5) is 10.6. The number of hydrogen-bond acceptors (Lipinski definition) is 5. The average Bonchev–Trinajstić information content (AvgIpc) is 2.62. The van der Waals surface area contributed by atoms with E-state index in [0.717, 1.165) is 0 Å². The molecule has 2 unspecified atom stereocenters. The van der Waals surface area contributed by atoms with Gasteiger partial charge in [0.2, 0.25) is 5.78 Å². The van der Waals surface area contributed by atoms with Crippen LogP contribution in [0.2, 0.25) is 0 Å².